The monoisotopic (exact) mass is 1100 g/mol. The summed E-state index contributed by atoms with van der Waals surface area (Å²) in [5.74, 6) is -0.909. The second kappa shape index (κ2) is 66.8. The molecular weight excluding hydrogens is 973 g/mol. The Hall–Kier alpha value is -3.67. The summed E-state index contributed by atoms with van der Waals surface area (Å²) in [6.45, 7) is 6.42. The maximum Gasteiger partial charge on any atom is 0.306 e. The highest BCUT2D eigenvalue weighted by molar-refractivity contribution is 5.71. The minimum atomic E-state index is -0.793. The van der Waals surface area contributed by atoms with Gasteiger partial charge < -0.3 is 14.2 Å². The van der Waals surface area contributed by atoms with Gasteiger partial charge in [0.05, 0.1) is 0 Å². The van der Waals surface area contributed by atoms with Crippen LogP contribution in [-0.4, -0.2) is 37.2 Å². The molecule has 0 fully saturated rings. The average Bonchev–Trinajstić information content (AvgIpc) is 3.45. The number of allylic oxidation sites excluding steroid dienone is 16. The van der Waals surface area contributed by atoms with Crippen LogP contribution in [-0.2, 0) is 28.6 Å². The normalized spacial score (nSPS) is 12.7. The lowest BCUT2D eigenvalue weighted by Gasteiger charge is -2.18. The number of rotatable bonds is 61. The van der Waals surface area contributed by atoms with Crippen molar-refractivity contribution < 1.29 is 28.6 Å². The van der Waals surface area contributed by atoms with E-state index in [1.165, 1.54) is 167 Å². The van der Waals surface area contributed by atoms with Crippen molar-refractivity contribution in [1.82, 2.24) is 0 Å². The summed E-state index contributed by atoms with van der Waals surface area (Å²) in [7, 11) is 0. The lowest BCUT2D eigenvalue weighted by Crippen LogP contribution is -2.30. The van der Waals surface area contributed by atoms with Crippen molar-refractivity contribution in [3.05, 3.63) is 97.2 Å². The van der Waals surface area contributed by atoms with Gasteiger partial charge in [0.25, 0.3) is 0 Å². The van der Waals surface area contributed by atoms with Gasteiger partial charge in [0.15, 0.2) is 6.10 Å². The number of unbranched alkanes of at least 4 members (excludes halogenated alkanes) is 34. The molecule has 0 aliphatic rings. The highest BCUT2D eigenvalue weighted by atomic mass is 16.6. The van der Waals surface area contributed by atoms with Crippen LogP contribution in [0, 0.1) is 0 Å². The quantitative estimate of drug-likeness (QED) is 0.0261. The lowest BCUT2D eigenvalue weighted by atomic mass is 10.0. The van der Waals surface area contributed by atoms with Crippen molar-refractivity contribution in [3.63, 3.8) is 0 Å². The molecule has 1 unspecified atom stereocenters. The molecule has 0 N–H and O–H groups in total. The van der Waals surface area contributed by atoms with E-state index in [0.29, 0.717) is 19.3 Å². The van der Waals surface area contributed by atoms with Gasteiger partial charge in [-0.1, -0.05) is 311 Å². The number of esters is 3. The summed E-state index contributed by atoms with van der Waals surface area (Å²) in [4.78, 5) is 38.4. The van der Waals surface area contributed by atoms with Gasteiger partial charge in [-0.05, 0) is 96.3 Å². The molecule has 0 aromatic carbocycles. The Kier molecular flexibility index (Phi) is 63.7. The van der Waals surface area contributed by atoms with Crippen molar-refractivity contribution in [1.29, 1.82) is 0 Å². The Balaban J connectivity index is 4.31. The number of hydrogen-bond acceptors (Lipinski definition) is 6. The molecule has 0 aromatic heterocycles. The summed E-state index contributed by atoms with van der Waals surface area (Å²) < 4.78 is 16.9. The predicted molar refractivity (Wildman–Crippen MR) is 344 cm³/mol. The molecule has 0 aromatic rings. The van der Waals surface area contributed by atoms with Crippen LogP contribution in [0.4, 0.5) is 0 Å². The van der Waals surface area contributed by atoms with Crippen molar-refractivity contribution in [2.24, 2.45) is 0 Å². The largest absolute Gasteiger partial charge is 0.462 e. The highest BCUT2D eigenvalue weighted by Gasteiger charge is 2.19. The third-order valence-corrected chi connectivity index (χ3v) is 14.6. The van der Waals surface area contributed by atoms with Crippen LogP contribution >= 0.6 is 0 Å². The third kappa shape index (κ3) is 65.0. The van der Waals surface area contributed by atoms with E-state index in [9.17, 15) is 14.4 Å². The Bertz CT molecular complexity index is 1540. The molecule has 6 heteroatoms. The van der Waals surface area contributed by atoms with E-state index in [1.807, 2.05) is 0 Å². The van der Waals surface area contributed by atoms with Crippen molar-refractivity contribution in [3.8, 4) is 0 Å². The van der Waals surface area contributed by atoms with E-state index >= 15 is 0 Å². The zero-order chi connectivity index (χ0) is 57.1. The van der Waals surface area contributed by atoms with Crippen LogP contribution in [0.2, 0.25) is 0 Å². The number of hydrogen-bond donors (Lipinski definition) is 0. The smallest absolute Gasteiger partial charge is 0.306 e. The Morgan fingerprint density at radius 2 is 0.494 bits per heavy atom. The van der Waals surface area contributed by atoms with Gasteiger partial charge in [-0.15, -0.1) is 0 Å². The molecule has 0 amide bonds. The molecular formula is C73H126O6. The SMILES string of the molecule is CC/C=C\C/C=C\C/C=C\C/C=C\C/C=C\CCCCCCCCCCCC(=O)OCC(COC(=O)CCCCC/C=C\C/C=C\C/C=C\CC)OC(=O)CCCCCCCCCCCCCCCCCCCCCCCCC. The molecule has 0 saturated carbocycles. The van der Waals surface area contributed by atoms with E-state index in [4.69, 9.17) is 14.2 Å². The Labute approximate surface area is 489 Å². The van der Waals surface area contributed by atoms with E-state index in [-0.39, 0.29) is 31.1 Å². The molecule has 0 bridgehead atoms. The first-order valence-electron chi connectivity index (χ1n) is 33.7. The molecule has 79 heavy (non-hydrogen) atoms. The molecule has 454 valence electrons. The van der Waals surface area contributed by atoms with Gasteiger partial charge in [-0.3, -0.25) is 14.4 Å². The third-order valence-electron chi connectivity index (χ3n) is 14.6. The van der Waals surface area contributed by atoms with Crippen LogP contribution in [0.25, 0.3) is 0 Å². The second-order valence-corrected chi connectivity index (χ2v) is 22.3. The minimum absolute atomic E-state index is 0.0880. The van der Waals surface area contributed by atoms with Gasteiger partial charge >= 0.3 is 17.9 Å². The van der Waals surface area contributed by atoms with Crippen LogP contribution in [0.5, 0.6) is 0 Å². The van der Waals surface area contributed by atoms with Crippen LogP contribution in [0.15, 0.2) is 97.2 Å². The molecule has 1 atom stereocenters. The number of ether oxygens (including phenoxy) is 3. The topological polar surface area (TPSA) is 78.9 Å². The first-order valence-corrected chi connectivity index (χ1v) is 33.7. The molecule has 0 saturated heterocycles. The molecule has 6 nitrogen and oxygen atoms in total. The van der Waals surface area contributed by atoms with E-state index in [1.54, 1.807) is 0 Å². The summed E-state index contributed by atoms with van der Waals surface area (Å²) in [5.41, 5.74) is 0. The predicted octanol–water partition coefficient (Wildman–Crippen LogP) is 23.2. The summed E-state index contributed by atoms with van der Waals surface area (Å²) in [5, 5.41) is 0. The molecule has 0 rings (SSSR count). The van der Waals surface area contributed by atoms with Crippen LogP contribution in [0.1, 0.15) is 329 Å². The minimum Gasteiger partial charge on any atom is -0.462 e. The van der Waals surface area contributed by atoms with Gasteiger partial charge in [-0.25, -0.2) is 0 Å². The highest BCUT2D eigenvalue weighted by Crippen LogP contribution is 2.17. The Morgan fingerprint density at radius 3 is 0.785 bits per heavy atom. The average molecular weight is 1100 g/mol. The standard InChI is InChI=1S/C73H126O6/c1-4-7-10-13-16-19-22-25-27-29-31-33-35-36-38-39-41-43-45-48-51-54-57-60-63-66-72(75)78-69-70(68-77-71(74)65-62-59-56-53-50-47-24-21-18-15-12-9-6-3)79-73(76)67-64-61-58-55-52-49-46-44-42-40-37-34-32-30-28-26-23-20-17-14-11-8-5-2/h7,9-10,12,16,18-19,21,25,27,31,33,36,38,47,50,70H,4-6,8,11,13-15,17,20,22-24,26,28-30,32,34-35,37,39-46,48-49,51-69H2,1-3H3/b10-7-,12-9-,19-16-,21-18-,27-25-,33-31-,38-36-,50-47-. The number of carbonyl (C=O) groups excluding carboxylic acids is 3. The molecule has 0 heterocycles. The van der Waals surface area contributed by atoms with Crippen molar-refractivity contribution in [2.75, 3.05) is 13.2 Å². The van der Waals surface area contributed by atoms with Crippen molar-refractivity contribution >= 4 is 17.9 Å². The van der Waals surface area contributed by atoms with E-state index < -0.39 is 6.10 Å². The maximum absolute atomic E-state index is 12.9. The fourth-order valence-electron chi connectivity index (χ4n) is 9.60. The maximum atomic E-state index is 12.9. The van der Waals surface area contributed by atoms with E-state index in [2.05, 4.69) is 118 Å². The fraction of sp³-hybridized carbons (Fsp3) is 0.740. The summed E-state index contributed by atoms with van der Waals surface area (Å²) in [6.07, 6.45) is 90.0. The zero-order valence-electron chi connectivity index (χ0n) is 52.1. The van der Waals surface area contributed by atoms with Gasteiger partial charge in [-0.2, -0.15) is 0 Å². The second-order valence-electron chi connectivity index (χ2n) is 22.3. The van der Waals surface area contributed by atoms with Crippen LogP contribution in [0.3, 0.4) is 0 Å². The van der Waals surface area contributed by atoms with E-state index in [0.717, 1.165) is 122 Å². The zero-order valence-corrected chi connectivity index (χ0v) is 52.1. The first kappa shape index (κ1) is 75.3. The fourth-order valence-corrected chi connectivity index (χ4v) is 9.60. The first-order chi connectivity index (χ1) is 39.0. The molecule has 0 radical (unpaired) electrons. The van der Waals surface area contributed by atoms with Crippen molar-refractivity contribution in [2.45, 2.75) is 335 Å². The number of carbonyl (C=O) groups is 3. The summed E-state index contributed by atoms with van der Waals surface area (Å²) >= 11 is 0. The molecule has 0 aliphatic heterocycles. The lowest BCUT2D eigenvalue weighted by molar-refractivity contribution is -0.167. The molecule has 0 spiro atoms. The molecule has 0 aliphatic carbocycles. The summed E-state index contributed by atoms with van der Waals surface area (Å²) in [6, 6.07) is 0. The van der Waals surface area contributed by atoms with Gasteiger partial charge in [0.2, 0.25) is 0 Å². The Morgan fingerprint density at radius 1 is 0.266 bits per heavy atom. The van der Waals surface area contributed by atoms with Gasteiger partial charge in [0.1, 0.15) is 13.2 Å². The van der Waals surface area contributed by atoms with Crippen LogP contribution < -0.4 is 0 Å². The van der Waals surface area contributed by atoms with Gasteiger partial charge in [0, 0.05) is 19.3 Å².